The smallest absolute Gasteiger partial charge is 0.335 e. The van der Waals surface area contributed by atoms with E-state index in [1.165, 1.54) is 0 Å². The van der Waals surface area contributed by atoms with Crippen LogP contribution in [-0.4, -0.2) is 40.8 Å². The van der Waals surface area contributed by atoms with Gasteiger partial charge in [-0.25, -0.2) is 4.79 Å². The molecule has 29 heavy (non-hydrogen) atoms. The van der Waals surface area contributed by atoms with Crippen LogP contribution in [0.5, 0.6) is 0 Å². The lowest BCUT2D eigenvalue weighted by Gasteiger charge is -2.11. The molecule has 0 bridgehead atoms. The molecule has 1 amide bonds. The number of nitriles is 1. The van der Waals surface area contributed by atoms with Crippen molar-refractivity contribution in [3.8, 4) is 11.8 Å². The van der Waals surface area contributed by atoms with E-state index in [1.54, 1.807) is 30.3 Å². The summed E-state index contributed by atoms with van der Waals surface area (Å²) in [7, 11) is 0. The van der Waals surface area contributed by atoms with E-state index in [1.807, 2.05) is 30.6 Å². The van der Waals surface area contributed by atoms with Gasteiger partial charge < -0.3 is 19.7 Å². The SMILES string of the molecule is Cc1cc(/C=C(\C#N)C(=O)NC[C@H]2CCCO2)c(C)n1-c1ccc(C(=O)O)cc1. The molecule has 7 heteroatoms. The molecule has 1 aliphatic heterocycles. The summed E-state index contributed by atoms with van der Waals surface area (Å²) in [4.78, 5) is 23.4. The molecular weight excluding hydrogens is 370 g/mol. The summed E-state index contributed by atoms with van der Waals surface area (Å²) in [5, 5.41) is 21.3. The second-order valence-electron chi connectivity index (χ2n) is 7.03. The summed E-state index contributed by atoms with van der Waals surface area (Å²) in [5.74, 6) is -1.40. The Morgan fingerprint density at radius 1 is 1.34 bits per heavy atom. The van der Waals surface area contributed by atoms with E-state index in [0.717, 1.165) is 35.5 Å². The Bertz CT molecular complexity index is 990. The van der Waals surface area contributed by atoms with Gasteiger partial charge in [-0.3, -0.25) is 4.79 Å². The highest BCUT2D eigenvalue weighted by Crippen LogP contribution is 2.23. The van der Waals surface area contributed by atoms with Crippen LogP contribution in [-0.2, 0) is 9.53 Å². The number of ether oxygens (including phenoxy) is 1. The number of carbonyl (C=O) groups is 2. The number of aromatic nitrogens is 1. The minimum atomic E-state index is -0.978. The zero-order chi connectivity index (χ0) is 21.0. The highest BCUT2D eigenvalue weighted by Gasteiger charge is 2.18. The standard InChI is InChI=1S/C22H23N3O4/c1-14-10-17(11-18(12-23)21(26)24-13-20-4-3-9-29-20)15(2)25(14)19-7-5-16(6-8-19)22(27)28/h5-8,10-11,20H,3-4,9,13H2,1-2H3,(H,24,26)(H,27,28)/b18-11+/t20-/m1/s1. The van der Waals surface area contributed by atoms with Crippen LogP contribution in [0.3, 0.4) is 0 Å². The Kier molecular flexibility index (Phi) is 6.15. The first-order valence-corrected chi connectivity index (χ1v) is 9.45. The molecule has 1 saturated heterocycles. The van der Waals surface area contributed by atoms with Crippen molar-refractivity contribution in [3.05, 3.63) is 58.4 Å². The van der Waals surface area contributed by atoms with E-state index in [9.17, 15) is 14.9 Å². The minimum absolute atomic E-state index is 0.0118. The molecule has 1 aliphatic rings. The molecule has 2 aromatic rings. The van der Waals surface area contributed by atoms with Gasteiger partial charge >= 0.3 is 5.97 Å². The van der Waals surface area contributed by atoms with Crippen molar-refractivity contribution in [1.82, 2.24) is 9.88 Å². The molecule has 2 N–H and O–H groups in total. The van der Waals surface area contributed by atoms with Crippen molar-refractivity contribution < 1.29 is 19.4 Å². The summed E-state index contributed by atoms with van der Waals surface area (Å²) in [6, 6.07) is 10.4. The fourth-order valence-corrected chi connectivity index (χ4v) is 3.50. The predicted molar refractivity (Wildman–Crippen MR) is 108 cm³/mol. The van der Waals surface area contributed by atoms with E-state index < -0.39 is 11.9 Å². The zero-order valence-electron chi connectivity index (χ0n) is 16.4. The van der Waals surface area contributed by atoms with Crippen LogP contribution in [0.25, 0.3) is 11.8 Å². The molecule has 0 spiro atoms. The zero-order valence-corrected chi connectivity index (χ0v) is 16.4. The Morgan fingerprint density at radius 2 is 2.07 bits per heavy atom. The first-order valence-electron chi connectivity index (χ1n) is 9.45. The molecule has 1 fully saturated rings. The van der Waals surface area contributed by atoms with E-state index >= 15 is 0 Å². The molecule has 7 nitrogen and oxygen atoms in total. The number of rotatable bonds is 6. The molecule has 0 radical (unpaired) electrons. The van der Waals surface area contributed by atoms with Crippen LogP contribution in [0.1, 0.15) is 40.2 Å². The lowest BCUT2D eigenvalue weighted by atomic mass is 10.1. The van der Waals surface area contributed by atoms with Gasteiger partial charge in [-0.15, -0.1) is 0 Å². The van der Waals surface area contributed by atoms with Gasteiger partial charge in [-0.2, -0.15) is 5.26 Å². The summed E-state index contributed by atoms with van der Waals surface area (Å²) in [5.41, 5.74) is 3.58. The second-order valence-corrected chi connectivity index (χ2v) is 7.03. The number of amides is 1. The van der Waals surface area contributed by atoms with Gasteiger partial charge in [0.05, 0.1) is 11.7 Å². The van der Waals surface area contributed by atoms with Gasteiger partial charge in [0, 0.05) is 30.2 Å². The number of hydrogen-bond donors (Lipinski definition) is 2. The number of carboxylic acid groups (broad SMARTS) is 1. The van der Waals surface area contributed by atoms with Crippen LogP contribution in [0.2, 0.25) is 0 Å². The number of nitrogens with zero attached hydrogens (tertiary/aromatic N) is 2. The molecular formula is C22H23N3O4. The Hall–Kier alpha value is -3.37. The third-order valence-corrected chi connectivity index (χ3v) is 5.02. The number of carboxylic acids is 1. The van der Waals surface area contributed by atoms with Crippen LogP contribution in [0.4, 0.5) is 0 Å². The average molecular weight is 393 g/mol. The predicted octanol–water partition coefficient (Wildman–Crippen LogP) is 2.99. The molecule has 2 heterocycles. The Morgan fingerprint density at radius 3 is 2.66 bits per heavy atom. The van der Waals surface area contributed by atoms with E-state index in [4.69, 9.17) is 9.84 Å². The second kappa shape index (κ2) is 8.76. The van der Waals surface area contributed by atoms with Crippen molar-refractivity contribution in [1.29, 1.82) is 5.26 Å². The summed E-state index contributed by atoms with van der Waals surface area (Å²) in [6.07, 6.45) is 3.49. The van der Waals surface area contributed by atoms with Crippen molar-refractivity contribution in [2.45, 2.75) is 32.8 Å². The van der Waals surface area contributed by atoms with Crippen LogP contribution < -0.4 is 5.32 Å². The van der Waals surface area contributed by atoms with Gasteiger partial charge in [0.2, 0.25) is 0 Å². The number of hydrogen-bond acceptors (Lipinski definition) is 4. The molecule has 3 rings (SSSR count). The van der Waals surface area contributed by atoms with E-state index in [-0.39, 0.29) is 17.2 Å². The molecule has 0 aliphatic carbocycles. The third-order valence-electron chi connectivity index (χ3n) is 5.02. The number of nitrogens with one attached hydrogen (secondary N) is 1. The van der Waals surface area contributed by atoms with Gasteiger partial charge in [0.15, 0.2) is 0 Å². The highest BCUT2D eigenvalue weighted by atomic mass is 16.5. The monoisotopic (exact) mass is 393 g/mol. The molecule has 1 aromatic heterocycles. The maximum Gasteiger partial charge on any atom is 0.335 e. The maximum absolute atomic E-state index is 12.4. The quantitative estimate of drug-likeness (QED) is 0.580. The van der Waals surface area contributed by atoms with Crippen molar-refractivity contribution in [2.24, 2.45) is 0 Å². The van der Waals surface area contributed by atoms with Gasteiger partial charge in [0.1, 0.15) is 11.6 Å². The summed E-state index contributed by atoms with van der Waals surface area (Å²) in [6.45, 7) is 4.91. The Balaban J connectivity index is 1.82. The van der Waals surface area contributed by atoms with Gasteiger partial charge in [-0.05, 0) is 68.7 Å². The lowest BCUT2D eigenvalue weighted by Crippen LogP contribution is -2.32. The van der Waals surface area contributed by atoms with E-state index in [2.05, 4.69) is 5.32 Å². The average Bonchev–Trinajstić information content (AvgIpc) is 3.32. The molecule has 0 saturated carbocycles. The van der Waals surface area contributed by atoms with Crippen LogP contribution in [0, 0.1) is 25.2 Å². The number of aryl methyl sites for hydroxylation is 1. The van der Waals surface area contributed by atoms with Crippen LogP contribution >= 0.6 is 0 Å². The van der Waals surface area contributed by atoms with Crippen LogP contribution in [0.15, 0.2) is 35.9 Å². The fraction of sp³-hybridized carbons (Fsp3) is 0.318. The first-order chi connectivity index (χ1) is 13.9. The number of carbonyl (C=O) groups excluding carboxylic acids is 1. The van der Waals surface area contributed by atoms with Crippen molar-refractivity contribution in [3.63, 3.8) is 0 Å². The molecule has 0 unspecified atom stereocenters. The van der Waals surface area contributed by atoms with Crippen molar-refractivity contribution >= 4 is 18.0 Å². The van der Waals surface area contributed by atoms with E-state index in [0.29, 0.717) is 13.2 Å². The maximum atomic E-state index is 12.4. The molecule has 150 valence electrons. The third kappa shape index (κ3) is 4.55. The topological polar surface area (TPSA) is 104 Å². The minimum Gasteiger partial charge on any atom is -0.478 e. The van der Waals surface area contributed by atoms with Crippen molar-refractivity contribution in [2.75, 3.05) is 13.2 Å². The molecule has 1 atom stereocenters. The molecule has 1 aromatic carbocycles. The normalized spacial score (nSPS) is 16.4. The fourth-order valence-electron chi connectivity index (χ4n) is 3.50. The summed E-state index contributed by atoms with van der Waals surface area (Å²) < 4.78 is 7.44. The first kappa shape index (κ1) is 20.4. The largest absolute Gasteiger partial charge is 0.478 e. The van der Waals surface area contributed by atoms with Gasteiger partial charge in [0.25, 0.3) is 5.91 Å². The summed E-state index contributed by atoms with van der Waals surface area (Å²) >= 11 is 0. The number of aromatic carboxylic acids is 1. The number of benzene rings is 1. The highest BCUT2D eigenvalue weighted by molar-refractivity contribution is 6.01. The lowest BCUT2D eigenvalue weighted by molar-refractivity contribution is -0.117. The Labute approximate surface area is 169 Å². The van der Waals surface area contributed by atoms with Gasteiger partial charge in [-0.1, -0.05) is 0 Å².